The van der Waals surface area contributed by atoms with E-state index in [0.717, 1.165) is 5.69 Å². The van der Waals surface area contributed by atoms with Crippen LogP contribution in [0.3, 0.4) is 0 Å². The SMILES string of the molecule is COc1ccc(C(=O)N2CCN(c3ccccc3Cl)CC2)cc1[N+](=O)[O-]. The van der Waals surface area contributed by atoms with Crippen LogP contribution < -0.4 is 9.64 Å². The van der Waals surface area contributed by atoms with E-state index in [1.807, 2.05) is 24.3 Å². The predicted octanol–water partition coefficient (Wildman–Crippen LogP) is 3.22. The van der Waals surface area contributed by atoms with Crippen molar-refractivity contribution < 1.29 is 14.5 Å². The number of nitrogens with zero attached hydrogens (tertiary/aromatic N) is 3. The van der Waals surface area contributed by atoms with Crippen LogP contribution in [0.25, 0.3) is 0 Å². The van der Waals surface area contributed by atoms with Crippen molar-refractivity contribution in [2.45, 2.75) is 0 Å². The fourth-order valence-electron chi connectivity index (χ4n) is 3.01. The average Bonchev–Trinajstić information content (AvgIpc) is 2.67. The number of hydrogen-bond donors (Lipinski definition) is 0. The third-order valence-electron chi connectivity index (χ3n) is 4.38. The fourth-order valence-corrected chi connectivity index (χ4v) is 3.26. The molecule has 26 heavy (non-hydrogen) atoms. The van der Waals surface area contributed by atoms with Crippen LogP contribution in [0, 0.1) is 10.1 Å². The number of carbonyl (C=O) groups is 1. The van der Waals surface area contributed by atoms with E-state index in [4.69, 9.17) is 16.3 Å². The molecule has 1 heterocycles. The molecule has 0 saturated carbocycles. The maximum Gasteiger partial charge on any atom is 0.311 e. The van der Waals surface area contributed by atoms with Gasteiger partial charge in [0.05, 0.1) is 22.7 Å². The molecule has 0 N–H and O–H groups in total. The highest BCUT2D eigenvalue weighted by molar-refractivity contribution is 6.33. The number of anilines is 1. The van der Waals surface area contributed by atoms with E-state index in [1.54, 1.807) is 11.0 Å². The molecule has 0 aromatic heterocycles. The number of hydrogen-bond acceptors (Lipinski definition) is 5. The lowest BCUT2D eigenvalue weighted by Crippen LogP contribution is -2.48. The van der Waals surface area contributed by atoms with Crippen LogP contribution >= 0.6 is 11.6 Å². The molecule has 0 aliphatic carbocycles. The molecule has 0 atom stereocenters. The smallest absolute Gasteiger partial charge is 0.311 e. The second kappa shape index (κ2) is 7.61. The third kappa shape index (κ3) is 3.57. The molecule has 1 fully saturated rings. The summed E-state index contributed by atoms with van der Waals surface area (Å²) >= 11 is 6.23. The Kier molecular flexibility index (Phi) is 5.27. The van der Waals surface area contributed by atoms with Crippen LogP contribution in [0.4, 0.5) is 11.4 Å². The van der Waals surface area contributed by atoms with Crippen LogP contribution in [0.2, 0.25) is 5.02 Å². The number of benzene rings is 2. The monoisotopic (exact) mass is 375 g/mol. The van der Waals surface area contributed by atoms with E-state index < -0.39 is 4.92 Å². The molecule has 3 rings (SSSR count). The summed E-state index contributed by atoms with van der Waals surface area (Å²) in [6.07, 6.45) is 0. The number of piperazine rings is 1. The van der Waals surface area contributed by atoms with Crippen molar-refractivity contribution in [1.29, 1.82) is 0 Å². The number of methoxy groups -OCH3 is 1. The normalized spacial score (nSPS) is 14.2. The second-order valence-corrected chi connectivity index (χ2v) is 6.28. The first-order valence-corrected chi connectivity index (χ1v) is 8.50. The first kappa shape index (κ1) is 18.0. The van der Waals surface area contributed by atoms with Gasteiger partial charge in [0.15, 0.2) is 5.75 Å². The van der Waals surface area contributed by atoms with Crippen molar-refractivity contribution >= 4 is 28.9 Å². The van der Waals surface area contributed by atoms with E-state index >= 15 is 0 Å². The van der Waals surface area contributed by atoms with Gasteiger partial charge >= 0.3 is 5.69 Å². The number of amides is 1. The highest BCUT2D eigenvalue weighted by atomic mass is 35.5. The van der Waals surface area contributed by atoms with Crippen molar-refractivity contribution in [2.75, 3.05) is 38.2 Å². The van der Waals surface area contributed by atoms with E-state index in [-0.39, 0.29) is 22.9 Å². The summed E-state index contributed by atoms with van der Waals surface area (Å²) in [6, 6.07) is 11.9. The zero-order valence-corrected chi connectivity index (χ0v) is 15.0. The Morgan fingerprint density at radius 3 is 2.46 bits per heavy atom. The van der Waals surface area contributed by atoms with Gasteiger partial charge in [0.25, 0.3) is 5.91 Å². The van der Waals surface area contributed by atoms with Crippen molar-refractivity contribution in [3.63, 3.8) is 0 Å². The summed E-state index contributed by atoms with van der Waals surface area (Å²) in [6.45, 7) is 2.33. The summed E-state index contributed by atoms with van der Waals surface area (Å²) in [5.41, 5.74) is 1.01. The van der Waals surface area contributed by atoms with Gasteiger partial charge in [0.1, 0.15) is 0 Å². The van der Waals surface area contributed by atoms with Crippen LogP contribution in [0.1, 0.15) is 10.4 Å². The number of para-hydroxylation sites is 1. The first-order valence-electron chi connectivity index (χ1n) is 8.12. The van der Waals surface area contributed by atoms with Gasteiger partial charge in [-0.1, -0.05) is 23.7 Å². The van der Waals surface area contributed by atoms with Crippen LogP contribution in [-0.2, 0) is 0 Å². The molecule has 1 amide bonds. The van der Waals surface area contributed by atoms with E-state index in [1.165, 1.54) is 19.2 Å². The first-order chi connectivity index (χ1) is 12.5. The van der Waals surface area contributed by atoms with Crippen molar-refractivity contribution in [1.82, 2.24) is 4.90 Å². The molecular formula is C18H18ClN3O4. The number of ether oxygens (including phenoxy) is 1. The van der Waals surface area contributed by atoms with Gasteiger partial charge in [0.2, 0.25) is 0 Å². The van der Waals surface area contributed by atoms with Crippen molar-refractivity contribution in [3.05, 3.63) is 63.2 Å². The molecule has 0 radical (unpaired) electrons. The van der Waals surface area contributed by atoms with Crippen LogP contribution in [0.5, 0.6) is 5.75 Å². The molecule has 1 aliphatic heterocycles. The van der Waals surface area contributed by atoms with Crippen molar-refractivity contribution in [2.24, 2.45) is 0 Å². The quantitative estimate of drug-likeness (QED) is 0.605. The summed E-state index contributed by atoms with van der Waals surface area (Å²) in [4.78, 5) is 27.1. The minimum atomic E-state index is -0.551. The minimum absolute atomic E-state index is 0.134. The third-order valence-corrected chi connectivity index (χ3v) is 4.70. The maximum absolute atomic E-state index is 12.7. The fraction of sp³-hybridized carbons (Fsp3) is 0.278. The van der Waals surface area contributed by atoms with Crippen molar-refractivity contribution in [3.8, 4) is 5.75 Å². The molecule has 1 saturated heterocycles. The Morgan fingerprint density at radius 2 is 1.85 bits per heavy atom. The molecule has 2 aromatic carbocycles. The Labute approximate surface area is 155 Å². The standard InChI is InChI=1S/C18H18ClN3O4/c1-26-17-7-6-13(12-16(17)22(24)25)18(23)21-10-8-20(9-11-21)15-5-3-2-4-14(15)19/h2-7,12H,8-11H2,1H3. The van der Waals surface area contributed by atoms with Gasteiger partial charge in [-0.3, -0.25) is 14.9 Å². The number of halogens is 1. The van der Waals surface area contributed by atoms with Crippen LogP contribution in [-0.4, -0.2) is 49.0 Å². The van der Waals surface area contributed by atoms with Gasteiger partial charge in [-0.05, 0) is 24.3 Å². The molecule has 7 nitrogen and oxygen atoms in total. The average molecular weight is 376 g/mol. The number of rotatable bonds is 4. The summed E-state index contributed by atoms with van der Waals surface area (Å²) in [5.74, 6) is -0.0929. The van der Waals surface area contributed by atoms with Crippen LogP contribution in [0.15, 0.2) is 42.5 Å². The largest absolute Gasteiger partial charge is 0.490 e. The molecule has 0 bridgehead atoms. The number of carbonyl (C=O) groups excluding carboxylic acids is 1. The maximum atomic E-state index is 12.7. The molecule has 8 heteroatoms. The molecular weight excluding hydrogens is 358 g/mol. The Bertz CT molecular complexity index is 835. The van der Waals surface area contributed by atoms with Gasteiger partial charge in [-0.15, -0.1) is 0 Å². The lowest BCUT2D eigenvalue weighted by atomic mass is 10.1. The molecule has 0 spiro atoms. The number of nitro groups is 1. The number of nitro benzene ring substituents is 1. The highest BCUT2D eigenvalue weighted by Crippen LogP contribution is 2.29. The van der Waals surface area contributed by atoms with Gasteiger partial charge in [-0.25, -0.2) is 0 Å². The van der Waals surface area contributed by atoms with E-state index in [0.29, 0.717) is 31.2 Å². The highest BCUT2D eigenvalue weighted by Gasteiger charge is 2.25. The molecule has 2 aromatic rings. The molecule has 1 aliphatic rings. The van der Waals surface area contributed by atoms with E-state index in [2.05, 4.69) is 4.90 Å². The summed E-state index contributed by atoms with van der Waals surface area (Å²) in [5, 5.41) is 11.8. The minimum Gasteiger partial charge on any atom is -0.490 e. The van der Waals surface area contributed by atoms with E-state index in [9.17, 15) is 14.9 Å². The molecule has 136 valence electrons. The lowest BCUT2D eigenvalue weighted by molar-refractivity contribution is -0.385. The summed E-state index contributed by atoms with van der Waals surface area (Å²) < 4.78 is 4.98. The summed E-state index contributed by atoms with van der Waals surface area (Å²) in [7, 11) is 1.36. The Hall–Kier alpha value is -2.80. The zero-order chi connectivity index (χ0) is 18.7. The zero-order valence-electron chi connectivity index (χ0n) is 14.2. The topological polar surface area (TPSA) is 75.9 Å². The second-order valence-electron chi connectivity index (χ2n) is 5.87. The molecule has 0 unspecified atom stereocenters. The Morgan fingerprint density at radius 1 is 1.15 bits per heavy atom. The Balaban J connectivity index is 1.72. The van der Waals surface area contributed by atoms with Gasteiger partial charge < -0.3 is 14.5 Å². The predicted molar refractivity (Wildman–Crippen MR) is 99.2 cm³/mol. The van der Waals surface area contributed by atoms with Gasteiger partial charge in [-0.2, -0.15) is 0 Å². The van der Waals surface area contributed by atoms with Gasteiger partial charge in [0, 0.05) is 37.8 Å². The lowest BCUT2D eigenvalue weighted by Gasteiger charge is -2.36.